The Balaban J connectivity index is 1.68. The number of nitrogens with zero attached hydrogens (tertiary/aromatic N) is 1. The zero-order chi connectivity index (χ0) is 12.4. The lowest BCUT2D eigenvalue weighted by molar-refractivity contribution is -0.0690. The SMILES string of the molecule is N#CC1(CNc2ccc3c(c2)CCCO3)COC1. The van der Waals surface area contributed by atoms with Crippen LogP contribution < -0.4 is 10.1 Å². The highest BCUT2D eigenvalue weighted by Gasteiger charge is 2.38. The van der Waals surface area contributed by atoms with Gasteiger partial charge in [-0.05, 0) is 36.6 Å². The average Bonchev–Trinajstić information content (AvgIpc) is 2.38. The maximum absolute atomic E-state index is 9.12. The molecular weight excluding hydrogens is 228 g/mol. The quantitative estimate of drug-likeness (QED) is 0.883. The summed E-state index contributed by atoms with van der Waals surface area (Å²) in [4.78, 5) is 0. The maximum atomic E-state index is 9.12. The third kappa shape index (κ3) is 2.02. The second kappa shape index (κ2) is 4.51. The van der Waals surface area contributed by atoms with Crippen molar-refractivity contribution in [2.75, 3.05) is 31.7 Å². The van der Waals surface area contributed by atoms with Gasteiger partial charge in [-0.1, -0.05) is 0 Å². The Morgan fingerprint density at radius 1 is 1.39 bits per heavy atom. The van der Waals surface area contributed by atoms with Gasteiger partial charge in [0.05, 0.1) is 25.9 Å². The number of nitrogens with one attached hydrogen (secondary N) is 1. The number of aryl methyl sites for hydroxylation is 1. The van der Waals surface area contributed by atoms with Crippen LogP contribution in [0.1, 0.15) is 12.0 Å². The summed E-state index contributed by atoms with van der Waals surface area (Å²) in [5.41, 5.74) is 1.97. The van der Waals surface area contributed by atoms with Gasteiger partial charge < -0.3 is 14.8 Å². The van der Waals surface area contributed by atoms with Crippen molar-refractivity contribution >= 4 is 5.69 Å². The number of anilines is 1. The minimum atomic E-state index is -0.341. The molecule has 2 aliphatic rings. The third-order valence-electron chi connectivity index (χ3n) is 3.53. The molecule has 0 unspecified atom stereocenters. The molecule has 0 aromatic heterocycles. The van der Waals surface area contributed by atoms with Crippen LogP contribution in [-0.4, -0.2) is 26.4 Å². The van der Waals surface area contributed by atoms with Gasteiger partial charge in [0.1, 0.15) is 11.2 Å². The van der Waals surface area contributed by atoms with Crippen LogP contribution in [0.5, 0.6) is 5.75 Å². The van der Waals surface area contributed by atoms with Crippen LogP contribution in [0.2, 0.25) is 0 Å². The van der Waals surface area contributed by atoms with E-state index >= 15 is 0 Å². The van der Waals surface area contributed by atoms with Crippen LogP contribution in [0.3, 0.4) is 0 Å². The molecule has 94 valence electrons. The molecule has 3 rings (SSSR count). The minimum absolute atomic E-state index is 0.341. The summed E-state index contributed by atoms with van der Waals surface area (Å²) in [5.74, 6) is 0.994. The van der Waals surface area contributed by atoms with Crippen molar-refractivity contribution in [2.24, 2.45) is 5.41 Å². The predicted octanol–water partition coefficient (Wildman–Crippen LogP) is 1.96. The summed E-state index contributed by atoms with van der Waals surface area (Å²) in [6.07, 6.45) is 2.14. The van der Waals surface area contributed by atoms with Crippen molar-refractivity contribution in [1.29, 1.82) is 5.26 Å². The first-order valence-corrected chi connectivity index (χ1v) is 6.30. The molecule has 1 N–H and O–H groups in total. The normalized spacial score (nSPS) is 19.9. The van der Waals surface area contributed by atoms with Crippen LogP contribution in [0.15, 0.2) is 18.2 Å². The molecule has 0 atom stereocenters. The van der Waals surface area contributed by atoms with E-state index in [1.807, 2.05) is 12.1 Å². The van der Waals surface area contributed by atoms with E-state index in [2.05, 4.69) is 17.5 Å². The number of nitriles is 1. The number of ether oxygens (including phenoxy) is 2. The monoisotopic (exact) mass is 244 g/mol. The van der Waals surface area contributed by atoms with Crippen molar-refractivity contribution in [3.8, 4) is 11.8 Å². The van der Waals surface area contributed by atoms with Gasteiger partial charge in [-0.25, -0.2) is 0 Å². The van der Waals surface area contributed by atoms with E-state index in [1.54, 1.807) is 0 Å². The molecular formula is C14H16N2O2. The zero-order valence-corrected chi connectivity index (χ0v) is 10.2. The average molecular weight is 244 g/mol. The van der Waals surface area contributed by atoms with Crippen LogP contribution in [0.25, 0.3) is 0 Å². The lowest BCUT2D eigenvalue weighted by Gasteiger charge is -2.35. The van der Waals surface area contributed by atoms with E-state index in [0.29, 0.717) is 19.8 Å². The van der Waals surface area contributed by atoms with Gasteiger partial charge in [0.15, 0.2) is 0 Å². The van der Waals surface area contributed by atoms with Crippen molar-refractivity contribution in [3.05, 3.63) is 23.8 Å². The van der Waals surface area contributed by atoms with Crippen molar-refractivity contribution in [1.82, 2.24) is 0 Å². The number of hydrogen-bond acceptors (Lipinski definition) is 4. The van der Waals surface area contributed by atoms with Crippen LogP contribution in [0.4, 0.5) is 5.69 Å². The second-order valence-electron chi connectivity index (χ2n) is 5.01. The summed E-state index contributed by atoms with van der Waals surface area (Å²) >= 11 is 0. The van der Waals surface area contributed by atoms with Gasteiger partial charge in [-0.2, -0.15) is 5.26 Å². The molecule has 2 aliphatic heterocycles. The van der Waals surface area contributed by atoms with Gasteiger partial charge in [0, 0.05) is 12.2 Å². The molecule has 2 heterocycles. The van der Waals surface area contributed by atoms with Gasteiger partial charge in [0.25, 0.3) is 0 Å². The molecule has 4 nitrogen and oxygen atoms in total. The van der Waals surface area contributed by atoms with Crippen molar-refractivity contribution < 1.29 is 9.47 Å². The van der Waals surface area contributed by atoms with Crippen LogP contribution in [0, 0.1) is 16.7 Å². The molecule has 0 radical (unpaired) electrons. The number of benzene rings is 1. The lowest BCUT2D eigenvalue weighted by atomic mass is 9.88. The van der Waals surface area contributed by atoms with Gasteiger partial charge in [0.2, 0.25) is 0 Å². The fraction of sp³-hybridized carbons (Fsp3) is 0.500. The molecule has 1 saturated heterocycles. The Hall–Kier alpha value is -1.73. The van der Waals surface area contributed by atoms with E-state index in [0.717, 1.165) is 30.9 Å². The zero-order valence-electron chi connectivity index (χ0n) is 10.2. The standard InChI is InChI=1S/C14H16N2O2/c15-7-14(9-17-10-14)8-16-12-3-4-13-11(6-12)2-1-5-18-13/h3-4,6,16H,1-2,5,8-10H2. The highest BCUT2D eigenvalue weighted by atomic mass is 16.5. The second-order valence-corrected chi connectivity index (χ2v) is 5.01. The summed E-state index contributed by atoms with van der Waals surface area (Å²) in [6, 6.07) is 8.48. The van der Waals surface area contributed by atoms with Crippen molar-refractivity contribution in [3.63, 3.8) is 0 Å². The molecule has 0 bridgehead atoms. The third-order valence-corrected chi connectivity index (χ3v) is 3.53. The summed E-state index contributed by atoms with van der Waals surface area (Å²) in [6.45, 7) is 2.52. The highest BCUT2D eigenvalue weighted by Crippen LogP contribution is 2.30. The van der Waals surface area contributed by atoms with E-state index in [9.17, 15) is 0 Å². The highest BCUT2D eigenvalue weighted by molar-refractivity contribution is 5.52. The predicted molar refractivity (Wildman–Crippen MR) is 67.6 cm³/mol. The summed E-state index contributed by atoms with van der Waals surface area (Å²) in [5, 5.41) is 12.4. The molecule has 1 aromatic rings. The first kappa shape index (κ1) is 11.4. The van der Waals surface area contributed by atoms with Gasteiger partial charge in [-0.3, -0.25) is 0 Å². The van der Waals surface area contributed by atoms with E-state index < -0.39 is 0 Å². The molecule has 1 aromatic carbocycles. The largest absolute Gasteiger partial charge is 0.493 e. The van der Waals surface area contributed by atoms with Crippen LogP contribution >= 0.6 is 0 Å². The van der Waals surface area contributed by atoms with E-state index in [1.165, 1.54) is 5.56 Å². The molecule has 0 spiro atoms. The van der Waals surface area contributed by atoms with Gasteiger partial charge in [-0.15, -0.1) is 0 Å². The Morgan fingerprint density at radius 2 is 2.28 bits per heavy atom. The van der Waals surface area contributed by atoms with Crippen LogP contribution in [-0.2, 0) is 11.2 Å². The minimum Gasteiger partial charge on any atom is -0.493 e. The first-order chi connectivity index (χ1) is 8.81. The number of hydrogen-bond donors (Lipinski definition) is 1. The molecule has 0 saturated carbocycles. The molecule has 18 heavy (non-hydrogen) atoms. The van der Waals surface area contributed by atoms with Gasteiger partial charge >= 0.3 is 0 Å². The number of fused-ring (bicyclic) bond motifs is 1. The Kier molecular flexibility index (Phi) is 2.85. The van der Waals surface area contributed by atoms with Crippen molar-refractivity contribution in [2.45, 2.75) is 12.8 Å². The molecule has 1 fully saturated rings. The molecule has 4 heteroatoms. The Labute approximate surface area is 107 Å². The summed E-state index contributed by atoms with van der Waals surface area (Å²) < 4.78 is 10.7. The fourth-order valence-corrected chi connectivity index (χ4v) is 2.30. The molecule has 0 aliphatic carbocycles. The van der Waals surface area contributed by atoms with E-state index in [-0.39, 0.29) is 5.41 Å². The summed E-state index contributed by atoms with van der Waals surface area (Å²) in [7, 11) is 0. The number of rotatable bonds is 3. The Morgan fingerprint density at radius 3 is 3.00 bits per heavy atom. The Bertz CT molecular complexity index is 489. The fourth-order valence-electron chi connectivity index (χ4n) is 2.30. The maximum Gasteiger partial charge on any atom is 0.122 e. The first-order valence-electron chi connectivity index (χ1n) is 6.30. The lowest BCUT2D eigenvalue weighted by Crippen LogP contribution is -2.46. The van der Waals surface area contributed by atoms with E-state index in [4.69, 9.17) is 14.7 Å². The smallest absolute Gasteiger partial charge is 0.122 e. The topological polar surface area (TPSA) is 54.3 Å². The molecule has 0 amide bonds.